The fourth-order valence-corrected chi connectivity index (χ4v) is 9.03. The minimum atomic E-state index is -2.31. The third-order valence-electron chi connectivity index (χ3n) is 10.7. The normalized spacial score (nSPS) is 29.0. The summed E-state index contributed by atoms with van der Waals surface area (Å²) in [6.07, 6.45) is 1.61. The first kappa shape index (κ1) is 39.6. The molecule has 2 fully saturated rings. The molecule has 0 spiro atoms. The molecular formula is C32H63IO7Si3. The Morgan fingerprint density at radius 2 is 1.30 bits per heavy atom. The van der Waals surface area contributed by atoms with Crippen LogP contribution in [0.4, 0.5) is 0 Å². The fourth-order valence-electron chi connectivity index (χ4n) is 4.77. The second kappa shape index (κ2) is 14.2. The van der Waals surface area contributed by atoms with Gasteiger partial charge in [-0.15, -0.1) is 0 Å². The SMILES string of the molecule is COC(=O)C[C@H]1CCC2O[C@@H]([C@H](/C=C/I)O[Si](C)(C)C(C)(C)C)[C@@H](O[Si](C)(C)C(C)(C)C)[C@@H](O[Si](C)(C)C(C)(C)C)C2O1. The first-order valence-corrected chi connectivity index (χ1v) is 25.9. The van der Waals surface area contributed by atoms with Gasteiger partial charge in [0.15, 0.2) is 25.0 Å². The maximum absolute atomic E-state index is 12.3. The van der Waals surface area contributed by atoms with Crippen LogP contribution in [0.2, 0.25) is 54.4 Å². The number of hydrogen-bond acceptors (Lipinski definition) is 7. The van der Waals surface area contributed by atoms with Gasteiger partial charge in [0.2, 0.25) is 0 Å². The van der Waals surface area contributed by atoms with Crippen LogP contribution in [0.1, 0.15) is 81.6 Å². The first-order chi connectivity index (χ1) is 19.3. The second-order valence-corrected chi connectivity index (χ2v) is 32.1. The molecule has 0 aromatic heterocycles. The van der Waals surface area contributed by atoms with Gasteiger partial charge in [-0.1, -0.05) is 84.9 Å². The summed E-state index contributed by atoms with van der Waals surface area (Å²) >= 11 is 2.29. The fraction of sp³-hybridized carbons (Fsp3) is 0.906. The van der Waals surface area contributed by atoms with Gasteiger partial charge in [-0.25, -0.2) is 0 Å². The van der Waals surface area contributed by atoms with Crippen molar-refractivity contribution in [2.45, 2.75) is 179 Å². The van der Waals surface area contributed by atoms with Crippen molar-refractivity contribution in [1.29, 1.82) is 0 Å². The topological polar surface area (TPSA) is 72.5 Å². The van der Waals surface area contributed by atoms with Crippen LogP contribution in [0.25, 0.3) is 0 Å². The van der Waals surface area contributed by atoms with Gasteiger partial charge in [-0.2, -0.15) is 0 Å². The Morgan fingerprint density at radius 3 is 1.74 bits per heavy atom. The summed E-state index contributed by atoms with van der Waals surface area (Å²) in [5, 5.41) is -0.00778. The summed E-state index contributed by atoms with van der Waals surface area (Å²) in [7, 11) is -5.36. The average Bonchev–Trinajstić information content (AvgIpc) is 2.82. The molecule has 2 saturated heterocycles. The molecule has 0 aliphatic carbocycles. The Labute approximate surface area is 280 Å². The molecule has 0 bridgehead atoms. The number of methoxy groups -OCH3 is 1. The smallest absolute Gasteiger partial charge is 0.308 e. The summed E-state index contributed by atoms with van der Waals surface area (Å²) in [5.41, 5.74) is 0. The zero-order valence-electron chi connectivity index (χ0n) is 30.1. The highest BCUT2D eigenvalue weighted by Gasteiger charge is 2.57. The first-order valence-electron chi connectivity index (χ1n) is 16.0. The van der Waals surface area contributed by atoms with Crippen LogP contribution in [0.15, 0.2) is 10.2 Å². The highest BCUT2D eigenvalue weighted by atomic mass is 127. The molecule has 0 aromatic carbocycles. The van der Waals surface area contributed by atoms with Crippen molar-refractivity contribution in [3.63, 3.8) is 0 Å². The summed E-state index contributed by atoms with van der Waals surface area (Å²) in [6.45, 7) is 34.1. The van der Waals surface area contributed by atoms with Crippen molar-refractivity contribution in [1.82, 2.24) is 0 Å². The van der Waals surface area contributed by atoms with Gasteiger partial charge in [0.05, 0.1) is 31.8 Å². The van der Waals surface area contributed by atoms with E-state index in [-0.39, 0.29) is 64.1 Å². The third-order valence-corrected chi connectivity index (χ3v) is 24.5. The summed E-state index contributed by atoms with van der Waals surface area (Å²) in [5.74, 6) is -0.260. The average molecular weight is 771 g/mol. The molecule has 252 valence electrons. The predicted molar refractivity (Wildman–Crippen MR) is 193 cm³/mol. The highest BCUT2D eigenvalue weighted by molar-refractivity contribution is 14.1. The van der Waals surface area contributed by atoms with Crippen molar-refractivity contribution < 1.29 is 32.3 Å². The van der Waals surface area contributed by atoms with Crippen LogP contribution in [-0.4, -0.2) is 80.8 Å². The number of rotatable bonds is 10. The van der Waals surface area contributed by atoms with Crippen LogP contribution in [-0.2, 0) is 32.3 Å². The van der Waals surface area contributed by atoms with E-state index in [0.717, 1.165) is 12.8 Å². The second-order valence-electron chi connectivity index (χ2n) is 17.1. The molecule has 2 heterocycles. The number of ether oxygens (including phenoxy) is 3. The number of halogens is 1. The van der Waals surface area contributed by atoms with Gasteiger partial charge in [0, 0.05) is 0 Å². The molecule has 0 saturated carbocycles. The van der Waals surface area contributed by atoms with Crippen LogP contribution in [0, 0.1) is 0 Å². The van der Waals surface area contributed by atoms with E-state index in [1.165, 1.54) is 7.11 Å². The molecule has 11 heteroatoms. The molecule has 43 heavy (non-hydrogen) atoms. The van der Waals surface area contributed by atoms with E-state index in [2.05, 4.69) is 130 Å². The van der Waals surface area contributed by atoms with Crippen molar-refractivity contribution >= 4 is 53.5 Å². The Bertz CT molecular complexity index is 965. The van der Waals surface area contributed by atoms with Gasteiger partial charge < -0.3 is 27.5 Å². The molecule has 0 amide bonds. The van der Waals surface area contributed by atoms with E-state index in [0.29, 0.717) is 0 Å². The molecule has 2 aliphatic rings. The molecule has 0 N–H and O–H groups in total. The number of carbonyl (C=O) groups excluding carboxylic acids is 1. The van der Waals surface area contributed by atoms with Crippen molar-refractivity contribution in [2.75, 3.05) is 7.11 Å². The molecule has 0 aromatic rings. The Morgan fingerprint density at radius 1 is 0.814 bits per heavy atom. The van der Waals surface area contributed by atoms with E-state index < -0.39 is 31.1 Å². The number of fused-ring (bicyclic) bond motifs is 1. The molecule has 2 unspecified atom stereocenters. The van der Waals surface area contributed by atoms with Gasteiger partial charge in [-0.3, -0.25) is 4.79 Å². The lowest BCUT2D eigenvalue weighted by Crippen LogP contribution is -2.69. The van der Waals surface area contributed by atoms with E-state index in [1.54, 1.807) is 0 Å². The van der Waals surface area contributed by atoms with Gasteiger partial charge in [0.25, 0.3) is 0 Å². The Hall–Kier alpha value is 0.391. The van der Waals surface area contributed by atoms with Crippen LogP contribution < -0.4 is 0 Å². The minimum Gasteiger partial charge on any atom is -0.469 e. The maximum Gasteiger partial charge on any atom is 0.308 e. The summed E-state index contributed by atoms with van der Waals surface area (Å²) in [4.78, 5) is 12.3. The zero-order chi connectivity index (χ0) is 33.4. The van der Waals surface area contributed by atoms with Crippen molar-refractivity contribution in [3.8, 4) is 0 Å². The summed E-state index contributed by atoms with van der Waals surface area (Å²) < 4.78 is 42.8. The molecule has 2 rings (SSSR count). The van der Waals surface area contributed by atoms with Gasteiger partial charge >= 0.3 is 5.97 Å². The van der Waals surface area contributed by atoms with E-state index in [9.17, 15) is 4.79 Å². The lowest BCUT2D eigenvalue weighted by Gasteiger charge is -2.56. The lowest BCUT2D eigenvalue weighted by atomic mass is 9.87. The van der Waals surface area contributed by atoms with Gasteiger partial charge in [0.1, 0.15) is 24.4 Å². The minimum absolute atomic E-state index is 0.0168. The third kappa shape index (κ3) is 9.71. The van der Waals surface area contributed by atoms with Crippen LogP contribution >= 0.6 is 22.6 Å². The molecule has 0 radical (unpaired) electrons. The Balaban J connectivity index is 2.73. The quantitative estimate of drug-likeness (QED) is 0.125. The molecular weight excluding hydrogens is 708 g/mol. The van der Waals surface area contributed by atoms with Crippen molar-refractivity contribution in [3.05, 3.63) is 10.2 Å². The van der Waals surface area contributed by atoms with Crippen LogP contribution in [0.3, 0.4) is 0 Å². The number of esters is 1. The maximum atomic E-state index is 12.3. The Kier molecular flexibility index (Phi) is 13.1. The predicted octanol–water partition coefficient (Wildman–Crippen LogP) is 8.98. The highest BCUT2D eigenvalue weighted by Crippen LogP contribution is 2.47. The lowest BCUT2D eigenvalue weighted by molar-refractivity contribution is -0.266. The van der Waals surface area contributed by atoms with E-state index in [1.807, 2.05) is 4.08 Å². The molecule has 2 aliphatic heterocycles. The van der Waals surface area contributed by atoms with Crippen LogP contribution in [0.5, 0.6) is 0 Å². The number of hydrogen-bond donors (Lipinski definition) is 0. The zero-order valence-corrected chi connectivity index (χ0v) is 35.2. The molecule has 7 nitrogen and oxygen atoms in total. The molecule has 7 atom stereocenters. The standard InChI is InChI=1S/C32H63IO7Si3/c1-30(2,3)41(11,12)38-24(19-20-33)27-29(40-43(15,16)32(7,8)9)28(39-42(13,14)31(4,5)6)26-23(37-27)18-17-22(36-26)21-25(34)35-10/h19-20,22-24,26-29H,17-18,21H2,1-16H3/b20-19+/t22-,23?,24+,26?,27+,28+,29-/m1/s1. The summed E-state index contributed by atoms with van der Waals surface area (Å²) in [6, 6.07) is 0. The van der Waals surface area contributed by atoms with E-state index >= 15 is 0 Å². The number of carbonyl (C=O) groups is 1. The van der Waals surface area contributed by atoms with Gasteiger partial charge in [-0.05, 0) is 77.4 Å². The van der Waals surface area contributed by atoms with E-state index in [4.69, 9.17) is 27.5 Å². The van der Waals surface area contributed by atoms with Crippen molar-refractivity contribution in [2.24, 2.45) is 0 Å². The largest absolute Gasteiger partial charge is 0.469 e. The monoisotopic (exact) mass is 770 g/mol.